The van der Waals surface area contributed by atoms with Gasteiger partial charge in [0.2, 0.25) is 5.91 Å². The summed E-state index contributed by atoms with van der Waals surface area (Å²) in [6.45, 7) is 3.69. The van der Waals surface area contributed by atoms with Gasteiger partial charge in [-0.3, -0.25) is 4.79 Å². The van der Waals surface area contributed by atoms with Gasteiger partial charge in [0.25, 0.3) is 0 Å². The monoisotopic (exact) mass is 1330 g/mol. The van der Waals surface area contributed by atoms with Crippen molar-refractivity contribution < 1.29 is 39.8 Å². The third-order valence-electron chi connectivity index (χ3n) is 19.1. The molecule has 0 saturated carbocycles. The number of hydrogen-bond donors (Lipinski definition) is 6. The van der Waals surface area contributed by atoms with Crippen molar-refractivity contribution in [3.63, 3.8) is 0 Å². The van der Waals surface area contributed by atoms with Gasteiger partial charge in [0.15, 0.2) is 6.29 Å². The van der Waals surface area contributed by atoms with Gasteiger partial charge >= 0.3 is 0 Å². The van der Waals surface area contributed by atoms with Crippen LogP contribution in [-0.2, 0) is 14.3 Å². The summed E-state index contributed by atoms with van der Waals surface area (Å²) in [6, 6.07) is -0.833. The molecular formula is C86H155NO8. The van der Waals surface area contributed by atoms with E-state index in [4.69, 9.17) is 9.47 Å². The molecule has 0 aliphatic carbocycles. The normalized spacial score (nSPS) is 18.0. The number of carbonyl (C=O) groups is 1. The lowest BCUT2D eigenvalue weighted by Gasteiger charge is -2.40. The fourth-order valence-corrected chi connectivity index (χ4v) is 12.8. The van der Waals surface area contributed by atoms with Gasteiger partial charge in [-0.25, -0.2) is 0 Å². The van der Waals surface area contributed by atoms with Crippen LogP contribution in [0.25, 0.3) is 0 Å². The number of hydrogen-bond acceptors (Lipinski definition) is 8. The van der Waals surface area contributed by atoms with E-state index in [1.807, 2.05) is 6.08 Å². The highest BCUT2D eigenvalue weighted by Gasteiger charge is 2.44. The topological polar surface area (TPSA) is 149 Å². The quantitative estimate of drug-likeness (QED) is 0.0261. The van der Waals surface area contributed by atoms with E-state index in [0.717, 1.165) is 77.0 Å². The third kappa shape index (κ3) is 61.9. The Morgan fingerprint density at radius 1 is 0.368 bits per heavy atom. The molecule has 0 radical (unpaired) electrons. The van der Waals surface area contributed by atoms with Crippen molar-refractivity contribution >= 4 is 5.91 Å². The maximum Gasteiger partial charge on any atom is 0.220 e. The van der Waals surface area contributed by atoms with Gasteiger partial charge in [0, 0.05) is 6.42 Å². The Balaban J connectivity index is 2.08. The number of amides is 1. The summed E-state index contributed by atoms with van der Waals surface area (Å²) in [4.78, 5) is 13.2. The first-order valence-corrected chi connectivity index (χ1v) is 41.0. The van der Waals surface area contributed by atoms with Gasteiger partial charge in [-0.15, -0.1) is 0 Å². The zero-order chi connectivity index (χ0) is 68.5. The first-order valence-electron chi connectivity index (χ1n) is 41.0. The van der Waals surface area contributed by atoms with Crippen molar-refractivity contribution in [3.05, 3.63) is 97.2 Å². The lowest BCUT2D eigenvalue weighted by Crippen LogP contribution is -2.60. The van der Waals surface area contributed by atoms with Crippen LogP contribution in [0, 0.1) is 0 Å². The molecule has 7 unspecified atom stereocenters. The number of aliphatic hydroxyl groups is 5. The molecule has 1 amide bonds. The number of unbranched alkanes of at least 4 members (excludes halogenated alkanes) is 48. The number of ether oxygens (including phenoxy) is 2. The van der Waals surface area contributed by atoms with E-state index in [9.17, 15) is 30.3 Å². The molecule has 1 heterocycles. The predicted octanol–water partition coefficient (Wildman–Crippen LogP) is 23.8. The van der Waals surface area contributed by atoms with Gasteiger partial charge < -0.3 is 40.3 Å². The van der Waals surface area contributed by atoms with E-state index in [1.54, 1.807) is 6.08 Å². The van der Waals surface area contributed by atoms with E-state index in [2.05, 4.69) is 104 Å². The van der Waals surface area contributed by atoms with Crippen LogP contribution in [0.4, 0.5) is 0 Å². The molecule has 1 fully saturated rings. The number of aliphatic hydroxyl groups excluding tert-OH is 5. The molecule has 1 aliphatic heterocycles. The first kappa shape index (κ1) is 90.1. The Kier molecular flexibility index (Phi) is 70.0. The summed E-state index contributed by atoms with van der Waals surface area (Å²) in [5.41, 5.74) is 0. The van der Waals surface area contributed by atoms with Crippen molar-refractivity contribution in [1.29, 1.82) is 0 Å². The largest absolute Gasteiger partial charge is 0.394 e. The van der Waals surface area contributed by atoms with Gasteiger partial charge in [-0.1, -0.05) is 387 Å². The van der Waals surface area contributed by atoms with Gasteiger partial charge in [0.05, 0.1) is 25.4 Å². The maximum absolute atomic E-state index is 13.2. The van der Waals surface area contributed by atoms with E-state index < -0.39 is 49.5 Å². The van der Waals surface area contributed by atoms with Crippen LogP contribution in [0.3, 0.4) is 0 Å². The van der Waals surface area contributed by atoms with Crippen molar-refractivity contribution in [1.82, 2.24) is 5.32 Å². The minimum Gasteiger partial charge on any atom is -0.394 e. The van der Waals surface area contributed by atoms with Gasteiger partial charge in [0.1, 0.15) is 24.4 Å². The Morgan fingerprint density at radius 3 is 1.01 bits per heavy atom. The van der Waals surface area contributed by atoms with E-state index in [1.165, 1.54) is 289 Å². The Labute approximate surface area is 587 Å². The zero-order valence-electron chi connectivity index (χ0n) is 62.2. The van der Waals surface area contributed by atoms with Crippen LogP contribution >= 0.6 is 0 Å². The molecule has 0 aromatic rings. The van der Waals surface area contributed by atoms with Crippen molar-refractivity contribution in [2.24, 2.45) is 0 Å². The Bertz CT molecular complexity index is 1840. The highest BCUT2D eigenvalue weighted by molar-refractivity contribution is 5.76. The van der Waals surface area contributed by atoms with Crippen molar-refractivity contribution in [2.75, 3.05) is 13.2 Å². The molecule has 552 valence electrons. The standard InChI is InChI=1S/C86H155NO8/c1-3-5-7-9-11-13-15-17-19-21-23-25-27-29-31-33-35-37-38-39-40-41-42-44-46-48-50-52-54-56-58-60-62-64-66-68-70-72-74-76-82(90)87-79(78-94-86-85(93)84(92)83(91)81(77-88)95-86)80(89)75-73-71-69-67-65-63-61-59-57-55-53-51-49-47-45-43-36-34-32-30-28-26-24-22-20-18-16-14-12-10-8-6-4-2/h5,7,11,13,17,19,23,25,29,31,57,59,65,67,73,75,79-81,83-86,88-89,91-93H,3-4,6,8-10,12,14-16,18,20-22,24,26-28,30,32-56,58,60-64,66,68-72,74,76-78H2,1-2H3,(H,87,90)/b7-5-,13-11-,19-17-,25-23-,31-29-,59-57+,67-65+,75-73+. The fourth-order valence-electron chi connectivity index (χ4n) is 12.8. The zero-order valence-corrected chi connectivity index (χ0v) is 62.2. The Hall–Kier alpha value is -2.89. The molecular weight excluding hydrogens is 1170 g/mol. The van der Waals surface area contributed by atoms with Crippen LogP contribution < -0.4 is 5.32 Å². The predicted molar refractivity (Wildman–Crippen MR) is 410 cm³/mol. The van der Waals surface area contributed by atoms with Gasteiger partial charge in [-0.2, -0.15) is 0 Å². The molecule has 9 heteroatoms. The smallest absolute Gasteiger partial charge is 0.220 e. The number of nitrogens with one attached hydrogen (secondary N) is 1. The number of allylic oxidation sites excluding steroid dienone is 15. The molecule has 0 spiro atoms. The fraction of sp³-hybridized carbons (Fsp3) is 0.802. The molecule has 0 aromatic heterocycles. The van der Waals surface area contributed by atoms with Crippen LogP contribution in [0.2, 0.25) is 0 Å². The first-order chi connectivity index (χ1) is 46.8. The highest BCUT2D eigenvalue weighted by atomic mass is 16.7. The van der Waals surface area contributed by atoms with Crippen molar-refractivity contribution in [2.45, 2.75) is 429 Å². The summed E-state index contributed by atoms with van der Waals surface area (Å²) in [5, 5.41) is 54.9. The van der Waals surface area contributed by atoms with E-state index in [-0.39, 0.29) is 12.5 Å². The molecule has 6 N–H and O–H groups in total. The van der Waals surface area contributed by atoms with Gasteiger partial charge in [-0.05, 0) is 89.9 Å². The second-order valence-corrected chi connectivity index (χ2v) is 28.2. The maximum atomic E-state index is 13.2. The molecule has 0 aromatic carbocycles. The van der Waals surface area contributed by atoms with Crippen LogP contribution in [0.15, 0.2) is 97.2 Å². The highest BCUT2D eigenvalue weighted by Crippen LogP contribution is 2.24. The number of rotatable bonds is 72. The van der Waals surface area contributed by atoms with Crippen molar-refractivity contribution in [3.8, 4) is 0 Å². The lowest BCUT2D eigenvalue weighted by atomic mass is 9.99. The van der Waals surface area contributed by atoms with Crippen LogP contribution in [0.1, 0.15) is 386 Å². The molecule has 95 heavy (non-hydrogen) atoms. The van der Waals surface area contributed by atoms with Crippen LogP contribution in [-0.4, -0.2) is 87.5 Å². The summed E-state index contributed by atoms with van der Waals surface area (Å²) >= 11 is 0. The average molecular weight is 1330 g/mol. The van der Waals surface area contributed by atoms with Crippen LogP contribution in [0.5, 0.6) is 0 Å². The summed E-state index contributed by atoms with van der Waals surface area (Å²) in [6.07, 6.45) is 101. The minimum absolute atomic E-state index is 0.186. The minimum atomic E-state index is -1.58. The summed E-state index contributed by atoms with van der Waals surface area (Å²) in [5.74, 6) is -0.186. The molecule has 1 saturated heterocycles. The second-order valence-electron chi connectivity index (χ2n) is 28.2. The average Bonchev–Trinajstić information content (AvgIpc) is 0.836. The summed E-state index contributed by atoms with van der Waals surface area (Å²) in [7, 11) is 0. The molecule has 9 nitrogen and oxygen atoms in total. The van der Waals surface area contributed by atoms with E-state index >= 15 is 0 Å². The lowest BCUT2D eigenvalue weighted by molar-refractivity contribution is -0.302. The SMILES string of the molecule is CC/C=C\C/C=C\C/C=C\C/C=C\C/C=C\CCCCCCCCCCCCCCCCCCCCCCCCCC(=O)NC(COC1OC(CO)C(O)C(O)C1O)C(O)/C=C/CC/C=C/CC/C=C/CCCCCCCCCCCCCCCCCCCCCCCCC. The van der Waals surface area contributed by atoms with E-state index in [0.29, 0.717) is 6.42 Å². The number of carbonyl (C=O) groups excluding carboxylic acids is 1. The molecule has 0 bridgehead atoms. The molecule has 1 aliphatic rings. The molecule has 1 rings (SSSR count). The Morgan fingerprint density at radius 2 is 0.663 bits per heavy atom. The molecule has 7 atom stereocenters. The summed E-state index contributed by atoms with van der Waals surface area (Å²) < 4.78 is 11.3. The second kappa shape index (κ2) is 73.8. The third-order valence-corrected chi connectivity index (χ3v) is 19.1.